The van der Waals surface area contributed by atoms with Crippen molar-refractivity contribution in [3.63, 3.8) is 0 Å². The van der Waals surface area contributed by atoms with Gasteiger partial charge in [0.2, 0.25) is 0 Å². The van der Waals surface area contributed by atoms with Gasteiger partial charge in [-0.05, 0) is 25.5 Å². The van der Waals surface area contributed by atoms with Gasteiger partial charge in [0.25, 0.3) is 5.69 Å². The number of non-ortho nitro benzene ring substituents is 1. The fourth-order valence-electron chi connectivity index (χ4n) is 2.60. The maximum Gasteiger partial charge on any atom is 0.269 e. The molecule has 7 nitrogen and oxygen atoms in total. The number of aryl methyl sites for hydroxylation is 1. The molecule has 0 amide bonds. The van der Waals surface area contributed by atoms with Crippen LogP contribution in [0.2, 0.25) is 0 Å². The molecule has 2 aromatic heterocycles. The van der Waals surface area contributed by atoms with E-state index in [4.69, 9.17) is 4.42 Å². The third-order valence-electron chi connectivity index (χ3n) is 3.96. The van der Waals surface area contributed by atoms with Gasteiger partial charge in [0.05, 0.1) is 16.7 Å². The molecule has 0 radical (unpaired) electrons. The molecule has 134 valence electrons. The van der Waals surface area contributed by atoms with Crippen molar-refractivity contribution in [1.82, 2.24) is 14.8 Å². The predicted molar refractivity (Wildman–Crippen MR) is 100 cm³/mol. The van der Waals surface area contributed by atoms with Gasteiger partial charge in [0.15, 0.2) is 11.0 Å². The van der Waals surface area contributed by atoms with Crippen molar-refractivity contribution >= 4 is 17.4 Å². The van der Waals surface area contributed by atoms with Gasteiger partial charge in [-0.3, -0.25) is 14.7 Å². The van der Waals surface area contributed by atoms with E-state index in [1.807, 2.05) is 30.5 Å². The molecule has 1 aromatic carbocycles. The molecule has 0 fully saturated rings. The maximum atomic E-state index is 11.0. The molecule has 3 aromatic rings. The van der Waals surface area contributed by atoms with E-state index in [1.165, 1.54) is 17.8 Å². The Kier molecular flexibility index (Phi) is 5.22. The monoisotopic (exact) mass is 370 g/mol. The molecule has 2 heterocycles. The van der Waals surface area contributed by atoms with Gasteiger partial charge in [0.1, 0.15) is 5.76 Å². The Balaban J connectivity index is 1.91. The minimum atomic E-state index is -0.388. The van der Waals surface area contributed by atoms with Gasteiger partial charge in [-0.15, -0.1) is 16.8 Å². The lowest BCUT2D eigenvalue weighted by Crippen LogP contribution is -2.02. The van der Waals surface area contributed by atoms with Crippen molar-refractivity contribution in [3.8, 4) is 11.4 Å². The van der Waals surface area contributed by atoms with Gasteiger partial charge in [-0.2, -0.15) is 0 Å². The van der Waals surface area contributed by atoms with Crippen LogP contribution in [0.25, 0.3) is 11.4 Å². The molecular formula is C18H18N4O3S. The van der Waals surface area contributed by atoms with Crippen molar-refractivity contribution in [3.05, 3.63) is 70.7 Å². The Labute approximate surface area is 154 Å². The average Bonchev–Trinajstić information content (AvgIpc) is 3.21. The van der Waals surface area contributed by atoms with Crippen LogP contribution in [-0.4, -0.2) is 19.7 Å². The third kappa shape index (κ3) is 3.55. The summed E-state index contributed by atoms with van der Waals surface area (Å²) in [6.45, 7) is 8.22. The molecule has 0 aliphatic heterocycles. The zero-order valence-corrected chi connectivity index (χ0v) is 15.3. The molecule has 0 N–H and O–H groups in total. The van der Waals surface area contributed by atoms with E-state index >= 15 is 0 Å². The number of aromatic nitrogens is 3. The van der Waals surface area contributed by atoms with Crippen LogP contribution in [0.15, 0.2) is 58.8 Å². The molecular weight excluding hydrogens is 352 g/mol. The summed E-state index contributed by atoms with van der Waals surface area (Å²) in [4.78, 5) is 10.6. The first-order valence-electron chi connectivity index (χ1n) is 8.00. The van der Waals surface area contributed by atoms with Crippen molar-refractivity contribution in [2.24, 2.45) is 0 Å². The standard InChI is InChI=1S/C18H18N4O3S/c1-4-9-21-17(16-8-10-25-12(16)2)19-20-18(21)26-13(3)14-6-5-7-15(11-14)22(23)24/h4-8,10-11,13H,1,9H2,2-3H3. The topological polar surface area (TPSA) is 87.0 Å². The van der Waals surface area contributed by atoms with Crippen molar-refractivity contribution < 1.29 is 9.34 Å². The van der Waals surface area contributed by atoms with E-state index in [9.17, 15) is 10.1 Å². The number of nitro benzene ring substituents is 1. The van der Waals surface area contributed by atoms with E-state index in [2.05, 4.69) is 16.8 Å². The van der Waals surface area contributed by atoms with Crippen LogP contribution < -0.4 is 0 Å². The van der Waals surface area contributed by atoms with Gasteiger partial charge < -0.3 is 4.42 Å². The average molecular weight is 370 g/mol. The second-order valence-corrected chi connectivity index (χ2v) is 7.02. The predicted octanol–water partition coefficient (Wildman–Crippen LogP) is 4.79. The Bertz CT molecular complexity index is 948. The lowest BCUT2D eigenvalue weighted by molar-refractivity contribution is -0.384. The Hall–Kier alpha value is -2.87. The second-order valence-electron chi connectivity index (χ2n) is 5.71. The zero-order chi connectivity index (χ0) is 18.7. The third-order valence-corrected chi connectivity index (χ3v) is 5.10. The quantitative estimate of drug-likeness (QED) is 0.257. The molecule has 0 aliphatic rings. The van der Waals surface area contributed by atoms with Crippen LogP contribution in [-0.2, 0) is 6.54 Å². The SMILES string of the molecule is C=CCn1c(SC(C)c2cccc([N+](=O)[O-])c2)nnc1-c1ccoc1C. The summed E-state index contributed by atoms with van der Waals surface area (Å²) in [6.07, 6.45) is 3.40. The smallest absolute Gasteiger partial charge is 0.269 e. The molecule has 1 unspecified atom stereocenters. The number of rotatable bonds is 7. The number of benzene rings is 1. The highest BCUT2D eigenvalue weighted by atomic mass is 32.2. The number of hydrogen-bond donors (Lipinski definition) is 0. The van der Waals surface area contributed by atoms with Crippen LogP contribution in [0.1, 0.15) is 23.5 Å². The summed E-state index contributed by atoms with van der Waals surface area (Å²) in [5.41, 5.74) is 1.82. The lowest BCUT2D eigenvalue weighted by atomic mass is 10.1. The normalized spacial score (nSPS) is 12.1. The van der Waals surface area contributed by atoms with Crippen molar-refractivity contribution in [1.29, 1.82) is 0 Å². The number of thioether (sulfide) groups is 1. The van der Waals surface area contributed by atoms with Gasteiger partial charge in [0, 0.05) is 23.9 Å². The summed E-state index contributed by atoms with van der Waals surface area (Å²) in [5.74, 6) is 1.48. The fourth-order valence-corrected chi connectivity index (χ4v) is 3.58. The molecule has 0 spiro atoms. The van der Waals surface area contributed by atoms with Crippen LogP contribution in [0.4, 0.5) is 5.69 Å². The Morgan fingerprint density at radius 3 is 2.88 bits per heavy atom. The van der Waals surface area contributed by atoms with Gasteiger partial charge in [-0.1, -0.05) is 30.0 Å². The van der Waals surface area contributed by atoms with E-state index in [1.54, 1.807) is 24.5 Å². The molecule has 0 saturated carbocycles. The Morgan fingerprint density at radius 2 is 2.23 bits per heavy atom. The summed E-state index contributed by atoms with van der Waals surface area (Å²) in [7, 11) is 0. The highest BCUT2D eigenvalue weighted by molar-refractivity contribution is 7.99. The fraction of sp³-hybridized carbons (Fsp3) is 0.222. The van der Waals surface area contributed by atoms with Crippen LogP contribution in [0.3, 0.4) is 0 Å². The minimum absolute atomic E-state index is 0.0269. The highest BCUT2D eigenvalue weighted by Crippen LogP contribution is 2.36. The van der Waals surface area contributed by atoms with Gasteiger partial charge in [-0.25, -0.2) is 0 Å². The molecule has 0 bridgehead atoms. The second kappa shape index (κ2) is 7.57. The minimum Gasteiger partial charge on any atom is -0.469 e. The van der Waals surface area contributed by atoms with Crippen molar-refractivity contribution in [2.75, 3.05) is 0 Å². The first-order valence-corrected chi connectivity index (χ1v) is 8.88. The molecule has 0 aliphatic carbocycles. The summed E-state index contributed by atoms with van der Waals surface area (Å²) in [6, 6.07) is 8.50. The molecule has 3 rings (SSSR count). The molecule has 1 atom stereocenters. The highest BCUT2D eigenvalue weighted by Gasteiger charge is 2.20. The maximum absolute atomic E-state index is 11.0. The van der Waals surface area contributed by atoms with Crippen molar-refractivity contribution in [2.45, 2.75) is 30.8 Å². The van der Waals surface area contributed by atoms with E-state index in [0.29, 0.717) is 12.4 Å². The number of nitrogens with zero attached hydrogens (tertiary/aromatic N) is 4. The first kappa shape index (κ1) is 17.9. The number of hydrogen-bond acceptors (Lipinski definition) is 6. The molecule has 8 heteroatoms. The van der Waals surface area contributed by atoms with E-state index in [-0.39, 0.29) is 15.9 Å². The number of furan rings is 1. The Morgan fingerprint density at radius 1 is 1.42 bits per heavy atom. The van der Waals surface area contributed by atoms with Crippen LogP contribution in [0.5, 0.6) is 0 Å². The zero-order valence-electron chi connectivity index (χ0n) is 14.5. The van der Waals surface area contributed by atoms with E-state index < -0.39 is 0 Å². The van der Waals surface area contributed by atoms with Gasteiger partial charge >= 0.3 is 0 Å². The summed E-state index contributed by atoms with van der Waals surface area (Å²) >= 11 is 1.50. The number of nitro groups is 1. The van der Waals surface area contributed by atoms with Crippen LogP contribution >= 0.6 is 11.8 Å². The lowest BCUT2D eigenvalue weighted by Gasteiger charge is -2.12. The van der Waals surface area contributed by atoms with E-state index in [0.717, 1.165) is 22.0 Å². The largest absolute Gasteiger partial charge is 0.469 e. The molecule has 0 saturated heterocycles. The summed E-state index contributed by atoms with van der Waals surface area (Å²) < 4.78 is 7.33. The first-order chi connectivity index (χ1) is 12.5. The van der Waals surface area contributed by atoms with Crippen LogP contribution in [0, 0.1) is 17.0 Å². The summed E-state index contributed by atoms with van der Waals surface area (Å²) in [5, 5.41) is 20.3. The molecule has 26 heavy (non-hydrogen) atoms. The number of allylic oxidation sites excluding steroid dienone is 1.